The fourth-order valence-electron chi connectivity index (χ4n) is 2.06. The van der Waals surface area contributed by atoms with Crippen molar-refractivity contribution in [1.29, 1.82) is 0 Å². The number of hydrazone groups is 1. The number of aromatic nitrogens is 3. The molecule has 0 atom stereocenters. The monoisotopic (exact) mass is 345 g/mol. The number of halogens is 1. The van der Waals surface area contributed by atoms with Gasteiger partial charge in [-0.3, -0.25) is 4.79 Å². The average Bonchev–Trinajstić information content (AvgIpc) is 2.96. The van der Waals surface area contributed by atoms with Crippen LogP contribution >= 0.6 is 11.6 Å². The Labute approximate surface area is 141 Å². The second-order valence-electron chi connectivity index (χ2n) is 4.90. The molecular weight excluding hydrogens is 334 g/mol. The van der Waals surface area contributed by atoms with Crippen LogP contribution in [0.1, 0.15) is 5.56 Å². The van der Waals surface area contributed by atoms with Crippen LogP contribution in [0.25, 0.3) is 11.0 Å². The van der Waals surface area contributed by atoms with E-state index >= 15 is 0 Å². The van der Waals surface area contributed by atoms with Crippen molar-refractivity contribution in [2.45, 2.75) is 6.54 Å². The first-order chi connectivity index (χ1) is 11.5. The van der Waals surface area contributed by atoms with Gasteiger partial charge in [0.2, 0.25) is 0 Å². The van der Waals surface area contributed by atoms with Gasteiger partial charge in [-0.2, -0.15) is 5.10 Å². The van der Waals surface area contributed by atoms with E-state index in [0.29, 0.717) is 11.1 Å². The van der Waals surface area contributed by atoms with E-state index in [9.17, 15) is 15.0 Å². The topological polar surface area (TPSA) is 113 Å². The number of phenolic OH excluding ortho intramolecular Hbond substituents is 2. The number of nitrogens with one attached hydrogen (secondary N) is 1. The Morgan fingerprint density at radius 2 is 2.12 bits per heavy atom. The van der Waals surface area contributed by atoms with Crippen LogP contribution < -0.4 is 5.43 Å². The lowest BCUT2D eigenvalue weighted by molar-refractivity contribution is -0.121. The number of fused-ring (bicyclic) bond motifs is 1. The van der Waals surface area contributed by atoms with Gasteiger partial charge in [-0.05, 0) is 29.8 Å². The highest BCUT2D eigenvalue weighted by Gasteiger charge is 2.08. The highest BCUT2D eigenvalue weighted by molar-refractivity contribution is 6.32. The first kappa shape index (κ1) is 15.8. The normalized spacial score (nSPS) is 11.2. The highest BCUT2D eigenvalue weighted by atomic mass is 35.5. The zero-order valence-electron chi connectivity index (χ0n) is 12.2. The quantitative estimate of drug-likeness (QED) is 0.378. The van der Waals surface area contributed by atoms with Crippen LogP contribution in [0.15, 0.2) is 41.5 Å². The summed E-state index contributed by atoms with van der Waals surface area (Å²) in [4.78, 5) is 11.9. The molecule has 0 saturated heterocycles. The molecule has 0 spiro atoms. The molecule has 3 aromatic rings. The SMILES string of the molecule is O=C(Cn1nnc2ccccc21)N/N=C/c1cc(O)c(O)c(Cl)c1. The average molecular weight is 346 g/mol. The van der Waals surface area contributed by atoms with E-state index in [1.807, 2.05) is 18.2 Å². The van der Waals surface area contributed by atoms with E-state index in [2.05, 4.69) is 20.8 Å². The molecule has 0 unspecified atom stereocenters. The fourth-order valence-corrected chi connectivity index (χ4v) is 2.29. The lowest BCUT2D eigenvalue weighted by Gasteiger charge is -2.03. The zero-order chi connectivity index (χ0) is 17.1. The molecule has 24 heavy (non-hydrogen) atoms. The molecule has 0 fully saturated rings. The lowest BCUT2D eigenvalue weighted by atomic mass is 10.2. The summed E-state index contributed by atoms with van der Waals surface area (Å²) < 4.78 is 1.46. The maximum atomic E-state index is 11.9. The van der Waals surface area contributed by atoms with Crippen molar-refractivity contribution in [2.75, 3.05) is 0 Å². The van der Waals surface area contributed by atoms with Crippen LogP contribution in [0.5, 0.6) is 11.5 Å². The van der Waals surface area contributed by atoms with Gasteiger partial charge >= 0.3 is 0 Å². The van der Waals surface area contributed by atoms with E-state index in [4.69, 9.17) is 11.6 Å². The smallest absolute Gasteiger partial charge is 0.261 e. The molecule has 2 aromatic carbocycles. The molecule has 3 N–H and O–H groups in total. The fraction of sp³-hybridized carbons (Fsp3) is 0.0667. The van der Waals surface area contributed by atoms with Gasteiger partial charge in [0.25, 0.3) is 5.91 Å². The Morgan fingerprint density at radius 1 is 1.33 bits per heavy atom. The van der Waals surface area contributed by atoms with E-state index in [-0.39, 0.29) is 17.3 Å². The predicted molar refractivity (Wildman–Crippen MR) is 88.0 cm³/mol. The Hall–Kier alpha value is -3.13. The number of hydrogen-bond acceptors (Lipinski definition) is 6. The molecule has 8 nitrogen and oxygen atoms in total. The third-order valence-corrected chi connectivity index (χ3v) is 3.47. The van der Waals surface area contributed by atoms with Crippen molar-refractivity contribution >= 4 is 34.8 Å². The van der Waals surface area contributed by atoms with Crippen LogP contribution in [-0.4, -0.2) is 37.3 Å². The molecule has 0 aliphatic heterocycles. The summed E-state index contributed by atoms with van der Waals surface area (Å²) in [6.45, 7) is -0.0422. The third-order valence-electron chi connectivity index (χ3n) is 3.18. The third kappa shape index (κ3) is 3.28. The molecule has 3 rings (SSSR count). The molecular formula is C15H12ClN5O3. The van der Waals surface area contributed by atoms with E-state index in [1.165, 1.54) is 23.0 Å². The number of aromatic hydroxyl groups is 2. The van der Waals surface area contributed by atoms with Gasteiger partial charge in [0.1, 0.15) is 12.1 Å². The minimum absolute atomic E-state index is 0.0168. The Morgan fingerprint density at radius 3 is 2.92 bits per heavy atom. The molecule has 9 heteroatoms. The maximum Gasteiger partial charge on any atom is 0.261 e. The largest absolute Gasteiger partial charge is 0.504 e. The van der Waals surface area contributed by atoms with Crippen molar-refractivity contribution in [2.24, 2.45) is 5.10 Å². The van der Waals surface area contributed by atoms with Gasteiger partial charge in [0, 0.05) is 0 Å². The van der Waals surface area contributed by atoms with E-state index in [1.54, 1.807) is 6.07 Å². The summed E-state index contributed by atoms with van der Waals surface area (Å²) >= 11 is 5.73. The van der Waals surface area contributed by atoms with Crippen molar-refractivity contribution in [3.63, 3.8) is 0 Å². The van der Waals surface area contributed by atoms with Gasteiger partial charge in [-0.1, -0.05) is 28.9 Å². The summed E-state index contributed by atoms with van der Waals surface area (Å²) in [5.74, 6) is -1.17. The minimum atomic E-state index is -0.407. The number of carbonyl (C=O) groups excluding carboxylic acids is 1. The number of phenols is 2. The van der Waals surface area contributed by atoms with Crippen LogP contribution in [0.2, 0.25) is 5.02 Å². The molecule has 122 valence electrons. The summed E-state index contributed by atoms with van der Waals surface area (Å²) in [5, 5.41) is 30.4. The number of para-hydroxylation sites is 1. The first-order valence-corrected chi connectivity index (χ1v) is 7.24. The maximum absolute atomic E-state index is 11.9. The Balaban J connectivity index is 1.65. The predicted octanol–water partition coefficient (Wildman–Crippen LogP) is 1.65. The molecule has 1 amide bonds. The molecule has 0 bridgehead atoms. The first-order valence-electron chi connectivity index (χ1n) is 6.86. The van der Waals surface area contributed by atoms with Crippen molar-refractivity contribution in [1.82, 2.24) is 20.4 Å². The van der Waals surface area contributed by atoms with Crippen LogP contribution in [0, 0.1) is 0 Å². The lowest BCUT2D eigenvalue weighted by Crippen LogP contribution is -2.23. The Bertz CT molecular complexity index is 915. The van der Waals surface area contributed by atoms with Crippen LogP contribution in [-0.2, 0) is 11.3 Å². The number of carbonyl (C=O) groups is 1. The van der Waals surface area contributed by atoms with Crippen molar-refractivity contribution in [3.8, 4) is 11.5 Å². The van der Waals surface area contributed by atoms with Gasteiger partial charge in [0.05, 0.1) is 16.8 Å². The van der Waals surface area contributed by atoms with Crippen LogP contribution in [0.3, 0.4) is 0 Å². The summed E-state index contributed by atoms with van der Waals surface area (Å²) in [7, 11) is 0. The molecule has 0 aliphatic carbocycles. The molecule has 0 saturated carbocycles. The van der Waals surface area contributed by atoms with Gasteiger partial charge in [0.15, 0.2) is 11.5 Å². The number of nitrogens with zero attached hydrogens (tertiary/aromatic N) is 4. The van der Waals surface area contributed by atoms with Crippen molar-refractivity contribution < 1.29 is 15.0 Å². The Kier molecular flexibility index (Phi) is 4.30. The molecule has 0 aliphatic rings. The van der Waals surface area contributed by atoms with Crippen molar-refractivity contribution in [3.05, 3.63) is 47.0 Å². The number of benzene rings is 2. The highest BCUT2D eigenvalue weighted by Crippen LogP contribution is 2.33. The number of hydrogen-bond donors (Lipinski definition) is 3. The van der Waals surface area contributed by atoms with E-state index in [0.717, 1.165) is 5.52 Å². The number of rotatable bonds is 4. The van der Waals surface area contributed by atoms with Gasteiger partial charge < -0.3 is 10.2 Å². The summed E-state index contributed by atoms with van der Waals surface area (Å²) in [5.41, 5.74) is 4.20. The second-order valence-corrected chi connectivity index (χ2v) is 5.31. The summed E-state index contributed by atoms with van der Waals surface area (Å²) in [6.07, 6.45) is 1.29. The zero-order valence-corrected chi connectivity index (χ0v) is 13.0. The standard InChI is InChI=1S/C15H12ClN5O3/c16-10-5-9(6-13(22)15(10)24)7-17-19-14(23)8-21-12-4-2-1-3-11(12)18-20-21/h1-7,22,24H,8H2,(H,19,23)/b17-7+. The summed E-state index contributed by atoms with van der Waals surface area (Å²) in [6, 6.07) is 9.95. The molecule has 1 heterocycles. The van der Waals surface area contributed by atoms with Gasteiger partial charge in [-0.25, -0.2) is 10.1 Å². The van der Waals surface area contributed by atoms with Gasteiger partial charge in [-0.15, -0.1) is 5.10 Å². The molecule has 0 radical (unpaired) electrons. The second kappa shape index (κ2) is 6.55. The minimum Gasteiger partial charge on any atom is -0.504 e. The number of amides is 1. The molecule has 1 aromatic heterocycles. The van der Waals surface area contributed by atoms with E-state index < -0.39 is 11.7 Å². The van der Waals surface area contributed by atoms with Crippen LogP contribution in [0.4, 0.5) is 0 Å².